The minimum absolute atomic E-state index is 0.403. The van der Waals surface area contributed by atoms with E-state index in [1.54, 1.807) is 6.20 Å². The van der Waals surface area contributed by atoms with Crippen molar-refractivity contribution in [2.24, 2.45) is 5.92 Å². The number of hydrogen-bond donors (Lipinski definition) is 2. The number of fused-ring (bicyclic) bond motifs is 1. The Bertz CT molecular complexity index is 441. The third kappa shape index (κ3) is 3.43. The maximum Gasteiger partial charge on any atom is 0.0732 e. The van der Waals surface area contributed by atoms with E-state index in [9.17, 15) is 0 Å². The normalized spacial score (nSPS) is 30.5. The Kier molecular flexibility index (Phi) is 4.85. The molecule has 0 aliphatic carbocycles. The van der Waals surface area contributed by atoms with E-state index >= 15 is 0 Å². The van der Waals surface area contributed by atoms with Crippen LogP contribution in [0.3, 0.4) is 0 Å². The molecule has 4 atom stereocenters. The van der Waals surface area contributed by atoms with Crippen molar-refractivity contribution < 1.29 is 4.74 Å². The minimum Gasteiger partial charge on any atom is -0.375 e. The van der Waals surface area contributed by atoms with E-state index in [1.807, 2.05) is 12.3 Å². The molecule has 3 heterocycles. The van der Waals surface area contributed by atoms with Crippen LogP contribution in [-0.2, 0) is 11.3 Å². The minimum atomic E-state index is 0.403. The molecule has 0 radical (unpaired) electrons. The summed E-state index contributed by atoms with van der Waals surface area (Å²) in [7, 11) is 0. The fraction of sp³-hybridized carbons (Fsp3) is 0.688. The van der Waals surface area contributed by atoms with Crippen molar-refractivity contribution in [3.05, 3.63) is 30.1 Å². The summed E-state index contributed by atoms with van der Waals surface area (Å²) in [5.41, 5.74) is 7.98. The molecule has 5 heteroatoms. The summed E-state index contributed by atoms with van der Waals surface area (Å²) in [6.07, 6.45) is 4.87. The lowest BCUT2D eigenvalue weighted by molar-refractivity contribution is 0.0884. The highest BCUT2D eigenvalue weighted by molar-refractivity contribution is 5.07. The smallest absolute Gasteiger partial charge is 0.0732 e. The van der Waals surface area contributed by atoms with Crippen LogP contribution < -0.4 is 10.9 Å². The van der Waals surface area contributed by atoms with Crippen molar-refractivity contribution in [2.75, 3.05) is 19.7 Å². The Labute approximate surface area is 127 Å². The van der Waals surface area contributed by atoms with Gasteiger partial charge in [-0.3, -0.25) is 20.7 Å². The van der Waals surface area contributed by atoms with Gasteiger partial charge in [0, 0.05) is 43.5 Å². The third-order valence-electron chi connectivity index (χ3n) is 4.87. The molecule has 2 N–H and O–H groups in total. The molecule has 0 aromatic carbocycles. The molecule has 1 aromatic heterocycles. The number of aromatic nitrogens is 1. The molecule has 0 amide bonds. The van der Waals surface area contributed by atoms with Crippen molar-refractivity contribution in [2.45, 2.75) is 45.0 Å². The highest BCUT2D eigenvalue weighted by Crippen LogP contribution is 2.26. The van der Waals surface area contributed by atoms with Crippen LogP contribution in [0.5, 0.6) is 0 Å². The molecule has 5 nitrogen and oxygen atoms in total. The van der Waals surface area contributed by atoms with E-state index in [0.29, 0.717) is 30.7 Å². The van der Waals surface area contributed by atoms with Gasteiger partial charge in [-0.25, -0.2) is 0 Å². The van der Waals surface area contributed by atoms with Crippen LogP contribution in [0.4, 0.5) is 0 Å². The van der Waals surface area contributed by atoms with Crippen LogP contribution in [0.15, 0.2) is 24.5 Å². The van der Waals surface area contributed by atoms with E-state index in [4.69, 9.17) is 4.74 Å². The predicted octanol–water partition coefficient (Wildman–Crippen LogP) is 1.17. The SMILES string of the molecule is CCC(C)N1CC2NNC(COCc3cccnc3)C2C1. The molecule has 2 aliphatic rings. The highest BCUT2D eigenvalue weighted by Gasteiger charge is 2.43. The maximum atomic E-state index is 5.87. The van der Waals surface area contributed by atoms with Gasteiger partial charge in [0.2, 0.25) is 0 Å². The molecular formula is C16H26N4O. The lowest BCUT2D eigenvalue weighted by Gasteiger charge is -2.25. The third-order valence-corrected chi connectivity index (χ3v) is 4.87. The first kappa shape index (κ1) is 14.9. The maximum absolute atomic E-state index is 5.87. The Balaban J connectivity index is 1.47. The first-order valence-corrected chi connectivity index (χ1v) is 7.99. The molecule has 0 spiro atoms. The number of nitrogens with one attached hydrogen (secondary N) is 2. The van der Waals surface area contributed by atoms with Gasteiger partial charge in [-0.05, 0) is 25.0 Å². The van der Waals surface area contributed by atoms with Crippen molar-refractivity contribution in [3.63, 3.8) is 0 Å². The molecule has 2 fully saturated rings. The second-order valence-corrected chi connectivity index (χ2v) is 6.25. The second kappa shape index (κ2) is 6.83. The number of rotatable bonds is 6. The quantitative estimate of drug-likeness (QED) is 0.824. The number of hydrazine groups is 1. The van der Waals surface area contributed by atoms with Crippen LogP contribution >= 0.6 is 0 Å². The van der Waals surface area contributed by atoms with Gasteiger partial charge in [0.05, 0.1) is 19.3 Å². The van der Waals surface area contributed by atoms with Gasteiger partial charge in [0.1, 0.15) is 0 Å². The Hall–Kier alpha value is -1.01. The van der Waals surface area contributed by atoms with Crippen LogP contribution in [0.2, 0.25) is 0 Å². The zero-order valence-corrected chi connectivity index (χ0v) is 13.0. The standard InChI is InChI=1S/C16H26N4O/c1-3-12(2)20-8-14-15(9-20)18-19-16(14)11-21-10-13-5-4-6-17-7-13/h4-7,12,14-16,18-19H,3,8-11H2,1-2H3. The largest absolute Gasteiger partial charge is 0.375 e. The van der Waals surface area contributed by atoms with E-state index < -0.39 is 0 Å². The highest BCUT2D eigenvalue weighted by atomic mass is 16.5. The molecule has 2 saturated heterocycles. The second-order valence-electron chi connectivity index (χ2n) is 6.25. The van der Waals surface area contributed by atoms with Gasteiger partial charge in [-0.2, -0.15) is 0 Å². The van der Waals surface area contributed by atoms with E-state index in [2.05, 4.69) is 40.6 Å². The van der Waals surface area contributed by atoms with E-state index in [0.717, 1.165) is 18.7 Å². The monoisotopic (exact) mass is 290 g/mol. The number of nitrogens with zero attached hydrogens (tertiary/aromatic N) is 2. The zero-order valence-electron chi connectivity index (χ0n) is 13.0. The van der Waals surface area contributed by atoms with Gasteiger partial charge in [0.15, 0.2) is 0 Å². The van der Waals surface area contributed by atoms with Crippen LogP contribution in [0.25, 0.3) is 0 Å². The van der Waals surface area contributed by atoms with E-state index in [1.165, 1.54) is 13.0 Å². The number of pyridine rings is 1. The summed E-state index contributed by atoms with van der Waals surface area (Å²) in [4.78, 5) is 6.71. The topological polar surface area (TPSA) is 49.4 Å². The fourth-order valence-corrected chi connectivity index (χ4v) is 3.31. The van der Waals surface area contributed by atoms with E-state index in [-0.39, 0.29) is 0 Å². The van der Waals surface area contributed by atoms with Crippen molar-refractivity contribution in [1.82, 2.24) is 20.7 Å². The summed E-state index contributed by atoms with van der Waals surface area (Å²) >= 11 is 0. The first-order valence-electron chi connectivity index (χ1n) is 7.99. The van der Waals surface area contributed by atoms with Crippen molar-refractivity contribution >= 4 is 0 Å². The van der Waals surface area contributed by atoms with Crippen LogP contribution in [-0.4, -0.2) is 47.7 Å². The summed E-state index contributed by atoms with van der Waals surface area (Å²) in [6.45, 7) is 8.28. The Morgan fingerprint density at radius 1 is 1.43 bits per heavy atom. The number of hydrogen-bond acceptors (Lipinski definition) is 5. The van der Waals surface area contributed by atoms with Gasteiger partial charge in [-0.1, -0.05) is 13.0 Å². The zero-order chi connectivity index (χ0) is 14.7. The Morgan fingerprint density at radius 3 is 3.10 bits per heavy atom. The number of likely N-dealkylation sites (tertiary alicyclic amines) is 1. The lowest BCUT2D eigenvalue weighted by atomic mass is 9.98. The van der Waals surface area contributed by atoms with Crippen LogP contribution in [0.1, 0.15) is 25.8 Å². The summed E-state index contributed by atoms with van der Waals surface area (Å²) in [6, 6.07) is 5.64. The van der Waals surface area contributed by atoms with Gasteiger partial charge >= 0.3 is 0 Å². The summed E-state index contributed by atoms with van der Waals surface area (Å²) in [5.74, 6) is 0.646. The predicted molar refractivity (Wildman–Crippen MR) is 82.6 cm³/mol. The molecular weight excluding hydrogens is 264 g/mol. The van der Waals surface area contributed by atoms with Gasteiger partial charge in [0.25, 0.3) is 0 Å². The van der Waals surface area contributed by atoms with Crippen molar-refractivity contribution in [1.29, 1.82) is 0 Å². The lowest BCUT2D eigenvalue weighted by Crippen LogP contribution is -2.42. The summed E-state index contributed by atoms with van der Waals surface area (Å²) in [5, 5.41) is 0. The molecule has 21 heavy (non-hydrogen) atoms. The van der Waals surface area contributed by atoms with Gasteiger partial charge in [-0.15, -0.1) is 0 Å². The average Bonchev–Trinajstić information content (AvgIpc) is 3.09. The molecule has 4 unspecified atom stereocenters. The molecule has 1 aromatic rings. The first-order chi connectivity index (χ1) is 10.3. The van der Waals surface area contributed by atoms with Crippen molar-refractivity contribution in [3.8, 4) is 0 Å². The number of ether oxygens (including phenoxy) is 1. The fourth-order valence-electron chi connectivity index (χ4n) is 3.31. The molecule has 2 aliphatic heterocycles. The summed E-state index contributed by atoms with van der Waals surface area (Å²) < 4.78 is 5.87. The van der Waals surface area contributed by atoms with Gasteiger partial charge < -0.3 is 4.74 Å². The van der Waals surface area contributed by atoms with Crippen LogP contribution in [0, 0.1) is 5.92 Å². The molecule has 0 saturated carbocycles. The molecule has 116 valence electrons. The molecule has 3 rings (SSSR count). The Morgan fingerprint density at radius 2 is 2.33 bits per heavy atom. The molecule has 0 bridgehead atoms. The average molecular weight is 290 g/mol.